The molecule has 0 aromatic heterocycles. The highest BCUT2D eigenvalue weighted by Crippen LogP contribution is 2.21. The van der Waals surface area contributed by atoms with Gasteiger partial charge in [-0.25, -0.2) is 4.79 Å². The minimum absolute atomic E-state index is 0.0596. The maximum Gasteiger partial charge on any atom is 0.326 e. The minimum Gasteiger partial charge on any atom is -0.508 e. The van der Waals surface area contributed by atoms with Crippen molar-refractivity contribution in [3.63, 3.8) is 0 Å². The Morgan fingerprint density at radius 2 is 2.11 bits per heavy atom. The molecular weight excluding hydrogens is 270 g/mol. The van der Waals surface area contributed by atoms with Crippen LogP contribution in [0.5, 0.6) is 5.75 Å². The van der Waals surface area contributed by atoms with Crippen LogP contribution in [0.2, 0.25) is 5.02 Å². The van der Waals surface area contributed by atoms with Gasteiger partial charge in [0.2, 0.25) is 0 Å². The molecule has 1 aromatic carbocycles. The number of hydrogen-bond donors (Lipinski definition) is 3. The number of aliphatic carboxylic acids is 1. The van der Waals surface area contributed by atoms with Gasteiger partial charge < -0.3 is 15.5 Å². The molecule has 0 saturated carbocycles. The second kappa shape index (κ2) is 6.99. The Kier molecular flexibility index (Phi) is 5.63. The fourth-order valence-corrected chi connectivity index (χ4v) is 1.79. The number of phenols is 1. The summed E-state index contributed by atoms with van der Waals surface area (Å²) in [5.41, 5.74) is 0.0596. The topological polar surface area (TPSA) is 86.6 Å². The van der Waals surface area contributed by atoms with E-state index >= 15 is 0 Å². The fourth-order valence-electron chi connectivity index (χ4n) is 1.59. The van der Waals surface area contributed by atoms with E-state index in [2.05, 4.69) is 5.32 Å². The van der Waals surface area contributed by atoms with Gasteiger partial charge in [0.1, 0.15) is 11.8 Å². The molecule has 19 heavy (non-hydrogen) atoms. The predicted octanol–water partition coefficient (Wildman–Crippen LogP) is 2.42. The Labute approximate surface area is 116 Å². The number of carbonyl (C=O) groups excluding carboxylic acids is 1. The first kappa shape index (κ1) is 15.3. The number of carbonyl (C=O) groups is 2. The average molecular weight is 286 g/mol. The summed E-state index contributed by atoms with van der Waals surface area (Å²) in [6.07, 6.45) is 1.89. The summed E-state index contributed by atoms with van der Waals surface area (Å²) in [5.74, 6) is -1.79. The lowest BCUT2D eigenvalue weighted by Crippen LogP contribution is -2.40. The molecule has 1 amide bonds. The van der Waals surface area contributed by atoms with Crippen molar-refractivity contribution in [3.8, 4) is 5.75 Å². The first-order valence-corrected chi connectivity index (χ1v) is 6.35. The van der Waals surface area contributed by atoms with E-state index in [1.807, 2.05) is 6.92 Å². The Hall–Kier alpha value is -1.75. The summed E-state index contributed by atoms with van der Waals surface area (Å²) in [7, 11) is 0. The molecule has 1 atom stereocenters. The quantitative estimate of drug-likeness (QED) is 0.749. The zero-order valence-electron chi connectivity index (χ0n) is 10.5. The van der Waals surface area contributed by atoms with Crippen LogP contribution in [0, 0.1) is 0 Å². The first-order valence-electron chi connectivity index (χ1n) is 5.98. The van der Waals surface area contributed by atoms with Crippen LogP contribution < -0.4 is 5.32 Å². The third-order valence-corrected chi connectivity index (χ3v) is 2.97. The number of nitrogens with one attached hydrogen (secondary N) is 1. The van der Waals surface area contributed by atoms with Crippen molar-refractivity contribution in [2.45, 2.75) is 32.2 Å². The molecule has 0 radical (unpaired) electrons. The Morgan fingerprint density at radius 3 is 2.68 bits per heavy atom. The maximum absolute atomic E-state index is 11.9. The van der Waals surface area contributed by atoms with Gasteiger partial charge in [-0.3, -0.25) is 4.79 Å². The third-order valence-electron chi connectivity index (χ3n) is 2.64. The van der Waals surface area contributed by atoms with Gasteiger partial charge in [-0.15, -0.1) is 0 Å². The van der Waals surface area contributed by atoms with Crippen LogP contribution in [-0.2, 0) is 4.79 Å². The van der Waals surface area contributed by atoms with E-state index in [0.29, 0.717) is 12.8 Å². The van der Waals surface area contributed by atoms with Crippen LogP contribution in [0.15, 0.2) is 18.2 Å². The SMILES string of the molecule is CCCCC(NC(=O)c1cc(O)ccc1Cl)C(=O)O. The molecule has 0 aliphatic carbocycles. The summed E-state index contributed by atoms with van der Waals surface area (Å²) < 4.78 is 0. The molecule has 104 valence electrons. The molecule has 0 fully saturated rings. The van der Waals surface area contributed by atoms with E-state index in [1.54, 1.807) is 0 Å². The standard InChI is InChI=1S/C13H16ClNO4/c1-2-3-4-11(13(18)19)15-12(17)9-7-8(16)5-6-10(9)14/h5-7,11,16H,2-4H2,1H3,(H,15,17)(H,18,19). The third kappa shape index (κ3) is 4.44. The summed E-state index contributed by atoms with van der Waals surface area (Å²) in [5, 5.41) is 20.9. The van der Waals surface area contributed by atoms with Gasteiger partial charge in [-0.1, -0.05) is 31.4 Å². The molecule has 3 N–H and O–H groups in total. The van der Waals surface area contributed by atoms with Crippen LogP contribution in [0.3, 0.4) is 0 Å². The highest BCUT2D eigenvalue weighted by Gasteiger charge is 2.21. The lowest BCUT2D eigenvalue weighted by atomic mass is 10.1. The molecule has 0 heterocycles. The molecule has 0 aliphatic heterocycles. The summed E-state index contributed by atoms with van der Waals surface area (Å²) in [6.45, 7) is 1.94. The molecule has 0 saturated heterocycles. The summed E-state index contributed by atoms with van der Waals surface area (Å²) in [6, 6.07) is 2.99. The Balaban J connectivity index is 2.81. The number of amides is 1. The highest BCUT2D eigenvalue weighted by atomic mass is 35.5. The number of rotatable bonds is 6. The fraction of sp³-hybridized carbons (Fsp3) is 0.385. The monoisotopic (exact) mass is 285 g/mol. The number of hydrogen-bond acceptors (Lipinski definition) is 3. The number of benzene rings is 1. The number of unbranched alkanes of at least 4 members (excludes halogenated alkanes) is 1. The summed E-state index contributed by atoms with van der Waals surface area (Å²) >= 11 is 5.84. The molecular formula is C13H16ClNO4. The van der Waals surface area contributed by atoms with E-state index in [4.69, 9.17) is 16.7 Å². The van der Waals surface area contributed by atoms with E-state index in [0.717, 1.165) is 6.42 Å². The van der Waals surface area contributed by atoms with Gasteiger partial charge in [0, 0.05) is 0 Å². The van der Waals surface area contributed by atoms with E-state index < -0.39 is 17.9 Å². The molecule has 0 spiro atoms. The van der Waals surface area contributed by atoms with Crippen molar-refractivity contribution in [2.24, 2.45) is 0 Å². The minimum atomic E-state index is -1.09. The summed E-state index contributed by atoms with van der Waals surface area (Å²) in [4.78, 5) is 23.0. The van der Waals surface area contributed by atoms with Gasteiger partial charge in [0.15, 0.2) is 0 Å². The number of carboxylic acid groups (broad SMARTS) is 1. The zero-order valence-corrected chi connectivity index (χ0v) is 11.3. The lowest BCUT2D eigenvalue weighted by Gasteiger charge is -2.14. The second-order valence-electron chi connectivity index (χ2n) is 4.17. The largest absolute Gasteiger partial charge is 0.508 e. The number of carboxylic acids is 1. The van der Waals surface area contributed by atoms with Gasteiger partial charge in [-0.05, 0) is 24.6 Å². The van der Waals surface area contributed by atoms with Crippen molar-refractivity contribution in [2.75, 3.05) is 0 Å². The van der Waals surface area contributed by atoms with E-state index in [-0.39, 0.29) is 16.3 Å². The van der Waals surface area contributed by atoms with Crippen LogP contribution in [0.1, 0.15) is 36.5 Å². The Morgan fingerprint density at radius 1 is 1.42 bits per heavy atom. The molecule has 0 bridgehead atoms. The molecule has 1 aromatic rings. The van der Waals surface area contributed by atoms with Crippen LogP contribution in [0.25, 0.3) is 0 Å². The van der Waals surface area contributed by atoms with Crippen molar-refractivity contribution in [1.82, 2.24) is 5.32 Å². The van der Waals surface area contributed by atoms with Crippen molar-refractivity contribution in [3.05, 3.63) is 28.8 Å². The van der Waals surface area contributed by atoms with Crippen LogP contribution >= 0.6 is 11.6 Å². The highest BCUT2D eigenvalue weighted by molar-refractivity contribution is 6.33. The zero-order chi connectivity index (χ0) is 14.4. The number of halogens is 1. The van der Waals surface area contributed by atoms with Crippen molar-refractivity contribution < 1.29 is 19.8 Å². The van der Waals surface area contributed by atoms with Crippen LogP contribution in [-0.4, -0.2) is 28.1 Å². The van der Waals surface area contributed by atoms with E-state index in [1.165, 1.54) is 18.2 Å². The maximum atomic E-state index is 11.9. The normalized spacial score (nSPS) is 11.9. The van der Waals surface area contributed by atoms with Gasteiger partial charge in [0.05, 0.1) is 10.6 Å². The number of aromatic hydroxyl groups is 1. The molecule has 1 rings (SSSR count). The molecule has 1 unspecified atom stereocenters. The smallest absolute Gasteiger partial charge is 0.326 e. The van der Waals surface area contributed by atoms with E-state index in [9.17, 15) is 14.7 Å². The molecule has 6 heteroatoms. The average Bonchev–Trinajstić information content (AvgIpc) is 2.36. The number of phenolic OH excluding ortho intramolecular Hbond substituents is 1. The van der Waals surface area contributed by atoms with Crippen molar-refractivity contribution in [1.29, 1.82) is 0 Å². The van der Waals surface area contributed by atoms with Crippen molar-refractivity contribution >= 4 is 23.5 Å². The van der Waals surface area contributed by atoms with Crippen LogP contribution in [0.4, 0.5) is 0 Å². The predicted molar refractivity (Wildman–Crippen MR) is 71.5 cm³/mol. The van der Waals surface area contributed by atoms with Gasteiger partial charge >= 0.3 is 5.97 Å². The Bertz CT molecular complexity index is 476. The lowest BCUT2D eigenvalue weighted by molar-refractivity contribution is -0.139. The molecule has 0 aliphatic rings. The molecule has 5 nitrogen and oxygen atoms in total. The van der Waals surface area contributed by atoms with Gasteiger partial charge in [0.25, 0.3) is 5.91 Å². The van der Waals surface area contributed by atoms with Gasteiger partial charge in [-0.2, -0.15) is 0 Å². The first-order chi connectivity index (χ1) is 8.95. The second-order valence-corrected chi connectivity index (χ2v) is 4.58.